The fourth-order valence-corrected chi connectivity index (χ4v) is 3.21. The molecule has 1 aliphatic heterocycles. The van der Waals surface area contributed by atoms with Crippen molar-refractivity contribution < 1.29 is 9.59 Å². The summed E-state index contributed by atoms with van der Waals surface area (Å²) in [5.41, 5.74) is 0.407. The van der Waals surface area contributed by atoms with Crippen molar-refractivity contribution in [3.05, 3.63) is 28.2 Å². The van der Waals surface area contributed by atoms with Gasteiger partial charge in [-0.15, -0.1) is 0 Å². The van der Waals surface area contributed by atoms with Crippen molar-refractivity contribution in [2.24, 2.45) is 0 Å². The average Bonchev–Trinajstić information content (AvgIpc) is 2.58. The molecule has 1 heterocycles. The molecule has 1 saturated heterocycles. The number of halogens is 2. The van der Waals surface area contributed by atoms with Crippen LogP contribution in [0.4, 0.5) is 5.69 Å². The summed E-state index contributed by atoms with van der Waals surface area (Å²) >= 11 is 12.1. The van der Waals surface area contributed by atoms with Gasteiger partial charge in [0.25, 0.3) is 0 Å². The predicted octanol–water partition coefficient (Wildman–Crippen LogP) is 3.27. The zero-order valence-corrected chi connectivity index (χ0v) is 15.4. The summed E-state index contributed by atoms with van der Waals surface area (Å²) in [7, 11) is 0. The number of carbonyl (C=O) groups is 2. The SMILES string of the molecule is CCN(CC(=O)Nc1c(Cl)cccc1Cl)CC(=O)N1CCCCC1. The summed E-state index contributed by atoms with van der Waals surface area (Å²) in [5.74, 6) is -0.154. The first kappa shape index (κ1) is 19.0. The largest absolute Gasteiger partial charge is 0.342 e. The molecule has 0 radical (unpaired) electrons. The Hall–Kier alpha value is -1.30. The molecular formula is C17H23Cl2N3O2. The van der Waals surface area contributed by atoms with Gasteiger partial charge in [0.15, 0.2) is 0 Å². The molecule has 2 rings (SSSR count). The molecule has 0 spiro atoms. The minimum Gasteiger partial charge on any atom is -0.342 e. The van der Waals surface area contributed by atoms with Gasteiger partial charge in [-0.25, -0.2) is 0 Å². The number of amides is 2. The molecule has 1 aromatic rings. The van der Waals surface area contributed by atoms with Crippen LogP contribution in [0.25, 0.3) is 0 Å². The number of hydrogen-bond acceptors (Lipinski definition) is 3. The van der Waals surface area contributed by atoms with Crippen molar-refractivity contribution in [3.63, 3.8) is 0 Å². The summed E-state index contributed by atoms with van der Waals surface area (Å²) in [5, 5.41) is 3.51. The van der Waals surface area contributed by atoms with Crippen molar-refractivity contribution in [1.82, 2.24) is 9.80 Å². The van der Waals surface area contributed by atoms with Gasteiger partial charge in [-0.05, 0) is 37.9 Å². The molecule has 1 fully saturated rings. The van der Waals surface area contributed by atoms with E-state index in [9.17, 15) is 9.59 Å². The monoisotopic (exact) mass is 371 g/mol. The molecule has 24 heavy (non-hydrogen) atoms. The second-order valence-electron chi connectivity index (χ2n) is 5.89. The molecule has 132 valence electrons. The molecule has 2 amide bonds. The highest BCUT2D eigenvalue weighted by atomic mass is 35.5. The number of likely N-dealkylation sites (tertiary alicyclic amines) is 1. The zero-order valence-electron chi connectivity index (χ0n) is 13.9. The minimum absolute atomic E-state index is 0.0834. The Balaban J connectivity index is 1.89. The Morgan fingerprint density at radius 2 is 1.75 bits per heavy atom. The third kappa shape index (κ3) is 5.36. The number of nitrogens with one attached hydrogen (secondary N) is 1. The van der Waals surface area contributed by atoms with E-state index in [0.29, 0.717) is 22.3 Å². The highest BCUT2D eigenvalue weighted by Crippen LogP contribution is 2.29. The number of hydrogen-bond donors (Lipinski definition) is 1. The first-order valence-corrected chi connectivity index (χ1v) is 9.01. The molecular weight excluding hydrogens is 349 g/mol. The third-order valence-corrected chi connectivity index (χ3v) is 4.74. The Bertz CT molecular complexity index is 569. The van der Waals surface area contributed by atoms with Gasteiger partial charge >= 0.3 is 0 Å². The predicted molar refractivity (Wildman–Crippen MR) is 97.6 cm³/mol. The van der Waals surface area contributed by atoms with Gasteiger partial charge in [0.05, 0.1) is 28.8 Å². The Kier molecular flexibility index (Phi) is 7.34. The number of benzene rings is 1. The van der Waals surface area contributed by atoms with Crippen LogP contribution in [0.3, 0.4) is 0 Å². The number of likely N-dealkylation sites (N-methyl/N-ethyl adjacent to an activating group) is 1. The van der Waals surface area contributed by atoms with Gasteiger partial charge < -0.3 is 10.2 Å². The van der Waals surface area contributed by atoms with Crippen LogP contribution < -0.4 is 5.32 Å². The van der Waals surface area contributed by atoms with E-state index < -0.39 is 0 Å². The topological polar surface area (TPSA) is 52.7 Å². The van der Waals surface area contributed by atoms with Crippen LogP contribution in [0.1, 0.15) is 26.2 Å². The van der Waals surface area contributed by atoms with E-state index in [1.807, 2.05) is 16.7 Å². The van der Waals surface area contributed by atoms with Crippen molar-refractivity contribution in [1.29, 1.82) is 0 Å². The van der Waals surface area contributed by atoms with Crippen molar-refractivity contribution in [2.45, 2.75) is 26.2 Å². The standard InChI is InChI=1S/C17H23Cl2N3O2/c1-2-21(12-16(24)22-9-4-3-5-10-22)11-15(23)20-17-13(18)7-6-8-14(17)19/h6-8H,2-5,9-12H2,1H3,(H,20,23). The lowest BCUT2D eigenvalue weighted by molar-refractivity contribution is -0.133. The highest BCUT2D eigenvalue weighted by molar-refractivity contribution is 6.39. The van der Waals surface area contributed by atoms with Gasteiger partial charge in [0.2, 0.25) is 11.8 Å². The van der Waals surface area contributed by atoms with Gasteiger partial charge in [-0.3, -0.25) is 14.5 Å². The normalized spacial score (nSPS) is 14.8. The van der Waals surface area contributed by atoms with Crippen LogP contribution in [0, 0.1) is 0 Å². The number of para-hydroxylation sites is 1. The highest BCUT2D eigenvalue weighted by Gasteiger charge is 2.20. The van der Waals surface area contributed by atoms with E-state index in [-0.39, 0.29) is 24.9 Å². The molecule has 1 aliphatic rings. The molecule has 0 aromatic heterocycles. The summed E-state index contributed by atoms with van der Waals surface area (Å²) in [6.07, 6.45) is 3.30. The second kappa shape index (κ2) is 9.25. The quantitative estimate of drug-likeness (QED) is 0.834. The molecule has 0 unspecified atom stereocenters. The molecule has 1 N–H and O–H groups in total. The van der Waals surface area contributed by atoms with Gasteiger partial charge in [-0.1, -0.05) is 36.2 Å². The third-order valence-electron chi connectivity index (χ3n) is 4.11. The minimum atomic E-state index is -0.238. The van der Waals surface area contributed by atoms with Crippen molar-refractivity contribution in [3.8, 4) is 0 Å². The summed E-state index contributed by atoms with van der Waals surface area (Å²) in [6, 6.07) is 5.05. The summed E-state index contributed by atoms with van der Waals surface area (Å²) in [4.78, 5) is 28.3. The maximum absolute atomic E-state index is 12.3. The average molecular weight is 372 g/mol. The lowest BCUT2D eigenvalue weighted by Gasteiger charge is -2.29. The number of carbonyl (C=O) groups excluding carboxylic acids is 2. The maximum atomic E-state index is 12.3. The zero-order chi connectivity index (χ0) is 17.5. The fourth-order valence-electron chi connectivity index (χ4n) is 2.71. The molecule has 1 aromatic carbocycles. The van der Waals surface area contributed by atoms with Crippen molar-refractivity contribution >= 4 is 40.7 Å². The fraction of sp³-hybridized carbons (Fsp3) is 0.529. The van der Waals surface area contributed by atoms with E-state index in [1.54, 1.807) is 18.2 Å². The van der Waals surface area contributed by atoms with E-state index in [1.165, 1.54) is 6.42 Å². The van der Waals surface area contributed by atoms with Crippen LogP contribution in [0.5, 0.6) is 0 Å². The molecule has 7 heteroatoms. The van der Waals surface area contributed by atoms with E-state index in [0.717, 1.165) is 25.9 Å². The number of anilines is 1. The number of nitrogens with zero attached hydrogens (tertiary/aromatic N) is 2. The van der Waals surface area contributed by atoms with Crippen LogP contribution in [-0.2, 0) is 9.59 Å². The molecule has 0 saturated carbocycles. The lowest BCUT2D eigenvalue weighted by Crippen LogP contribution is -2.44. The van der Waals surface area contributed by atoms with E-state index in [4.69, 9.17) is 23.2 Å². The van der Waals surface area contributed by atoms with Crippen LogP contribution in [0.2, 0.25) is 10.0 Å². The van der Waals surface area contributed by atoms with Gasteiger partial charge in [0, 0.05) is 13.1 Å². The Morgan fingerprint density at radius 1 is 1.12 bits per heavy atom. The Morgan fingerprint density at radius 3 is 2.33 bits per heavy atom. The van der Waals surface area contributed by atoms with E-state index >= 15 is 0 Å². The summed E-state index contributed by atoms with van der Waals surface area (Å²) < 4.78 is 0. The molecule has 0 aliphatic carbocycles. The van der Waals surface area contributed by atoms with Crippen LogP contribution in [-0.4, -0.2) is 54.3 Å². The first-order valence-electron chi connectivity index (χ1n) is 8.25. The summed E-state index contributed by atoms with van der Waals surface area (Å²) in [6.45, 7) is 4.55. The molecule has 0 bridgehead atoms. The molecule has 0 atom stereocenters. The second-order valence-corrected chi connectivity index (χ2v) is 6.70. The first-order chi connectivity index (χ1) is 11.5. The van der Waals surface area contributed by atoms with Crippen molar-refractivity contribution in [2.75, 3.05) is 38.0 Å². The smallest absolute Gasteiger partial charge is 0.238 e. The lowest BCUT2D eigenvalue weighted by atomic mass is 10.1. The van der Waals surface area contributed by atoms with E-state index in [2.05, 4.69) is 5.32 Å². The molecule has 5 nitrogen and oxygen atoms in total. The van der Waals surface area contributed by atoms with Gasteiger partial charge in [-0.2, -0.15) is 0 Å². The van der Waals surface area contributed by atoms with Crippen LogP contribution in [0.15, 0.2) is 18.2 Å². The number of rotatable bonds is 6. The number of piperidine rings is 1. The Labute approximate surface area is 152 Å². The van der Waals surface area contributed by atoms with Gasteiger partial charge in [0.1, 0.15) is 0 Å². The maximum Gasteiger partial charge on any atom is 0.238 e. The van der Waals surface area contributed by atoms with Crippen LogP contribution >= 0.6 is 23.2 Å².